The molecule has 1 aliphatic rings. The Morgan fingerprint density at radius 1 is 1.83 bits per heavy atom. The first-order valence-electron chi connectivity index (χ1n) is 3.93. The molecule has 12 heavy (non-hydrogen) atoms. The van der Waals surface area contributed by atoms with Gasteiger partial charge in [-0.15, -0.1) is 0 Å². The molecule has 1 heterocycles. The van der Waals surface area contributed by atoms with Crippen molar-refractivity contribution < 1.29 is 9.59 Å². The lowest BCUT2D eigenvalue weighted by Gasteiger charge is -2.40. The minimum Gasteiger partial charge on any atom is -0.368 e. The molecule has 1 rings (SSSR count). The largest absolute Gasteiger partial charge is 0.368 e. The van der Waals surface area contributed by atoms with Crippen molar-refractivity contribution in [3.8, 4) is 0 Å². The second-order valence-electron chi connectivity index (χ2n) is 2.92. The molecule has 4 N–H and O–H groups in total. The van der Waals surface area contributed by atoms with Crippen molar-refractivity contribution in [3.63, 3.8) is 0 Å². The van der Waals surface area contributed by atoms with Gasteiger partial charge in [-0.1, -0.05) is 6.92 Å². The first-order chi connectivity index (χ1) is 5.57. The summed E-state index contributed by atoms with van der Waals surface area (Å²) in [6.07, 6.45) is 0.549. The van der Waals surface area contributed by atoms with Crippen molar-refractivity contribution >= 4 is 11.8 Å². The molecule has 0 aromatic heterocycles. The molecule has 1 fully saturated rings. The fourth-order valence-corrected chi connectivity index (χ4v) is 1.34. The highest BCUT2D eigenvalue weighted by atomic mass is 16.2. The van der Waals surface area contributed by atoms with E-state index in [9.17, 15) is 9.59 Å². The van der Waals surface area contributed by atoms with E-state index in [1.165, 1.54) is 4.90 Å². The van der Waals surface area contributed by atoms with Crippen LogP contribution >= 0.6 is 0 Å². The van der Waals surface area contributed by atoms with Crippen LogP contribution in [-0.2, 0) is 9.59 Å². The molecule has 0 bridgehead atoms. The Kier molecular flexibility index (Phi) is 2.32. The first kappa shape index (κ1) is 8.99. The van der Waals surface area contributed by atoms with Crippen molar-refractivity contribution in [1.82, 2.24) is 4.90 Å². The summed E-state index contributed by atoms with van der Waals surface area (Å²) in [4.78, 5) is 23.3. The Bertz CT molecular complexity index is 217. The molecule has 2 unspecified atom stereocenters. The second-order valence-corrected chi connectivity index (χ2v) is 2.92. The topological polar surface area (TPSA) is 89.4 Å². The van der Waals surface area contributed by atoms with Crippen LogP contribution in [0.15, 0.2) is 0 Å². The zero-order chi connectivity index (χ0) is 9.30. The highest BCUT2D eigenvalue weighted by Crippen LogP contribution is 2.14. The lowest BCUT2D eigenvalue weighted by molar-refractivity contribution is -0.150. The quantitative estimate of drug-likeness (QED) is 0.502. The van der Waals surface area contributed by atoms with Gasteiger partial charge >= 0.3 is 0 Å². The van der Waals surface area contributed by atoms with E-state index >= 15 is 0 Å². The maximum Gasteiger partial charge on any atom is 0.242 e. The molecule has 5 nitrogen and oxygen atoms in total. The minimum atomic E-state index is -0.475. The molecule has 0 aromatic carbocycles. The van der Waals surface area contributed by atoms with Gasteiger partial charge in [0.25, 0.3) is 0 Å². The Labute approximate surface area is 70.7 Å². The van der Waals surface area contributed by atoms with Crippen LogP contribution in [0.1, 0.15) is 13.3 Å². The van der Waals surface area contributed by atoms with Crippen LogP contribution in [0.5, 0.6) is 0 Å². The number of nitrogens with two attached hydrogens (primary N) is 2. The zero-order valence-corrected chi connectivity index (χ0v) is 6.99. The van der Waals surface area contributed by atoms with Crippen molar-refractivity contribution in [1.29, 1.82) is 0 Å². The molecule has 0 spiro atoms. The molecule has 0 aromatic rings. The van der Waals surface area contributed by atoms with Crippen LogP contribution in [0.2, 0.25) is 0 Å². The molecule has 2 amide bonds. The molecular formula is C7H13N3O2. The van der Waals surface area contributed by atoms with Gasteiger partial charge in [-0.2, -0.15) is 0 Å². The zero-order valence-electron chi connectivity index (χ0n) is 6.99. The van der Waals surface area contributed by atoms with Crippen LogP contribution < -0.4 is 11.5 Å². The summed E-state index contributed by atoms with van der Waals surface area (Å²) in [7, 11) is 0. The van der Waals surface area contributed by atoms with Crippen LogP contribution in [-0.4, -0.2) is 35.3 Å². The predicted molar refractivity (Wildman–Crippen MR) is 43.0 cm³/mol. The van der Waals surface area contributed by atoms with Gasteiger partial charge in [-0.25, -0.2) is 0 Å². The van der Waals surface area contributed by atoms with Crippen molar-refractivity contribution in [2.75, 3.05) is 6.54 Å². The third kappa shape index (κ3) is 1.27. The summed E-state index contributed by atoms with van der Waals surface area (Å²) < 4.78 is 0. The third-order valence-electron chi connectivity index (χ3n) is 2.09. The van der Waals surface area contributed by atoms with Gasteiger partial charge in [0.05, 0.1) is 0 Å². The summed E-state index contributed by atoms with van der Waals surface area (Å²) in [5.74, 6) is -0.640. The van der Waals surface area contributed by atoms with Gasteiger partial charge < -0.3 is 16.4 Å². The molecule has 0 saturated carbocycles. The van der Waals surface area contributed by atoms with Crippen LogP contribution in [0.3, 0.4) is 0 Å². The number of nitrogens with zero attached hydrogens (tertiary/aromatic N) is 1. The normalized spacial score (nSPS) is 25.0. The lowest BCUT2D eigenvalue weighted by Crippen LogP contribution is -2.66. The molecule has 0 radical (unpaired) electrons. The van der Waals surface area contributed by atoms with E-state index in [2.05, 4.69) is 0 Å². The average molecular weight is 171 g/mol. The van der Waals surface area contributed by atoms with E-state index in [0.717, 1.165) is 0 Å². The number of rotatable bonds is 3. The Morgan fingerprint density at radius 3 is 2.67 bits per heavy atom. The molecule has 2 atom stereocenters. The number of hydrogen-bond donors (Lipinski definition) is 2. The number of carbonyl (C=O) groups is 2. The van der Waals surface area contributed by atoms with E-state index in [4.69, 9.17) is 11.5 Å². The lowest BCUT2D eigenvalue weighted by atomic mass is 10.0. The van der Waals surface area contributed by atoms with E-state index in [0.29, 0.717) is 13.0 Å². The second kappa shape index (κ2) is 3.10. The highest BCUT2D eigenvalue weighted by molar-refractivity contribution is 5.93. The monoisotopic (exact) mass is 171 g/mol. The van der Waals surface area contributed by atoms with Gasteiger partial charge in [0, 0.05) is 6.54 Å². The Morgan fingerprint density at radius 2 is 2.42 bits per heavy atom. The molecule has 0 aliphatic carbocycles. The van der Waals surface area contributed by atoms with E-state index in [1.807, 2.05) is 6.92 Å². The fraction of sp³-hybridized carbons (Fsp3) is 0.714. The molecule has 68 valence electrons. The van der Waals surface area contributed by atoms with E-state index < -0.39 is 18.0 Å². The summed E-state index contributed by atoms with van der Waals surface area (Å²) >= 11 is 0. The SMILES string of the molecule is CCC(C(N)=O)N1CC(N)C1=O. The third-order valence-corrected chi connectivity index (χ3v) is 2.09. The molecular weight excluding hydrogens is 158 g/mol. The summed E-state index contributed by atoms with van der Waals surface area (Å²) in [6, 6.07) is -0.907. The Balaban J connectivity index is 2.58. The molecule has 1 saturated heterocycles. The summed E-state index contributed by atoms with van der Waals surface area (Å²) in [6.45, 7) is 2.26. The maximum absolute atomic E-state index is 11.1. The number of carbonyl (C=O) groups excluding carboxylic acids is 2. The molecule has 5 heteroatoms. The summed E-state index contributed by atoms with van der Waals surface area (Å²) in [5.41, 5.74) is 10.5. The van der Waals surface area contributed by atoms with Gasteiger partial charge in [-0.05, 0) is 6.42 Å². The standard InChI is InChI=1S/C7H13N3O2/c1-2-5(6(9)11)10-3-4(8)7(10)12/h4-5H,2-3,8H2,1H3,(H2,9,11). The minimum absolute atomic E-state index is 0.180. The van der Waals surface area contributed by atoms with Gasteiger partial charge in [0.1, 0.15) is 12.1 Å². The van der Waals surface area contributed by atoms with Crippen LogP contribution in [0.25, 0.3) is 0 Å². The molecule has 1 aliphatic heterocycles. The number of primary amides is 1. The number of β-lactam (4-membered cyclic amide) rings is 1. The van der Waals surface area contributed by atoms with Gasteiger partial charge in [-0.3, -0.25) is 9.59 Å². The Hall–Kier alpha value is -1.10. The van der Waals surface area contributed by atoms with Crippen molar-refractivity contribution in [2.45, 2.75) is 25.4 Å². The van der Waals surface area contributed by atoms with Crippen molar-refractivity contribution in [2.24, 2.45) is 11.5 Å². The van der Waals surface area contributed by atoms with E-state index in [-0.39, 0.29) is 5.91 Å². The number of amides is 2. The van der Waals surface area contributed by atoms with Crippen LogP contribution in [0.4, 0.5) is 0 Å². The smallest absolute Gasteiger partial charge is 0.242 e. The summed E-state index contributed by atoms with van der Waals surface area (Å²) in [5, 5.41) is 0. The fourth-order valence-electron chi connectivity index (χ4n) is 1.34. The number of hydrogen-bond acceptors (Lipinski definition) is 3. The van der Waals surface area contributed by atoms with Crippen LogP contribution in [0, 0.1) is 0 Å². The van der Waals surface area contributed by atoms with Gasteiger partial charge in [0.15, 0.2) is 0 Å². The first-order valence-corrected chi connectivity index (χ1v) is 3.93. The van der Waals surface area contributed by atoms with Gasteiger partial charge in [0.2, 0.25) is 11.8 Å². The maximum atomic E-state index is 11.1. The van der Waals surface area contributed by atoms with Crippen molar-refractivity contribution in [3.05, 3.63) is 0 Å². The number of likely N-dealkylation sites (tertiary alicyclic amines) is 1. The van der Waals surface area contributed by atoms with E-state index in [1.54, 1.807) is 0 Å². The highest BCUT2D eigenvalue weighted by Gasteiger charge is 2.39. The predicted octanol–water partition coefficient (Wildman–Crippen LogP) is -1.58. The average Bonchev–Trinajstić information content (AvgIpc) is 2.03.